The first-order valence-electron chi connectivity index (χ1n) is 8.66. The van der Waals surface area contributed by atoms with Crippen LogP contribution in [0, 0.1) is 17.2 Å². The average molecular weight is 361 g/mol. The van der Waals surface area contributed by atoms with Crippen LogP contribution in [0.25, 0.3) is 0 Å². The van der Waals surface area contributed by atoms with Gasteiger partial charge in [-0.15, -0.1) is 11.3 Å². The van der Waals surface area contributed by atoms with Crippen molar-refractivity contribution in [3.63, 3.8) is 0 Å². The van der Waals surface area contributed by atoms with Crippen LogP contribution < -0.4 is 10.6 Å². The van der Waals surface area contributed by atoms with E-state index in [-0.39, 0.29) is 24.2 Å². The number of nitriles is 1. The van der Waals surface area contributed by atoms with Crippen LogP contribution in [0.1, 0.15) is 54.6 Å². The summed E-state index contributed by atoms with van der Waals surface area (Å²) in [6, 6.07) is 5.42. The first kappa shape index (κ1) is 19.1. The number of thiophene rings is 1. The number of rotatable bonds is 8. The van der Waals surface area contributed by atoms with E-state index in [1.807, 2.05) is 11.4 Å². The quantitative estimate of drug-likeness (QED) is 0.549. The largest absolute Gasteiger partial charge is 0.352 e. The minimum atomic E-state index is -1.25. The summed E-state index contributed by atoms with van der Waals surface area (Å²) in [5, 5.41) is 16.5. The Morgan fingerprint density at radius 1 is 1.28 bits per heavy atom. The molecule has 1 unspecified atom stereocenters. The SMILES string of the molecule is N#CC(C(=O)CCCNC(=O)c1cccs1)C(=O)NC1CCCCC1. The molecule has 1 aromatic heterocycles. The van der Waals surface area contributed by atoms with Crippen LogP contribution in [0.5, 0.6) is 0 Å². The summed E-state index contributed by atoms with van der Waals surface area (Å²) >= 11 is 1.35. The molecule has 1 saturated carbocycles. The monoisotopic (exact) mass is 361 g/mol. The fraction of sp³-hybridized carbons (Fsp3) is 0.556. The highest BCUT2D eigenvalue weighted by Gasteiger charge is 2.28. The number of carbonyl (C=O) groups excluding carboxylic acids is 3. The Morgan fingerprint density at radius 3 is 2.68 bits per heavy atom. The molecule has 1 aliphatic carbocycles. The normalized spacial score (nSPS) is 15.8. The lowest BCUT2D eigenvalue weighted by Gasteiger charge is -2.23. The second-order valence-corrected chi connectivity index (χ2v) is 7.16. The summed E-state index contributed by atoms with van der Waals surface area (Å²) in [5.41, 5.74) is 0. The van der Waals surface area contributed by atoms with Crippen molar-refractivity contribution in [3.8, 4) is 6.07 Å². The summed E-state index contributed by atoms with van der Waals surface area (Å²) in [6.07, 6.45) is 5.63. The van der Waals surface area contributed by atoms with Crippen molar-refractivity contribution in [1.29, 1.82) is 5.26 Å². The summed E-state index contributed by atoms with van der Waals surface area (Å²) in [6.45, 7) is 0.338. The lowest BCUT2D eigenvalue weighted by molar-refractivity contribution is -0.132. The Morgan fingerprint density at radius 2 is 2.04 bits per heavy atom. The van der Waals surface area contributed by atoms with Gasteiger partial charge >= 0.3 is 0 Å². The minimum absolute atomic E-state index is 0.0787. The maximum Gasteiger partial charge on any atom is 0.261 e. The molecule has 1 aromatic rings. The van der Waals surface area contributed by atoms with E-state index in [0.717, 1.165) is 25.7 Å². The summed E-state index contributed by atoms with van der Waals surface area (Å²) in [4.78, 5) is 36.7. The molecule has 7 heteroatoms. The zero-order valence-corrected chi connectivity index (χ0v) is 14.9. The predicted octanol–water partition coefficient (Wildman–Crippen LogP) is 2.42. The van der Waals surface area contributed by atoms with E-state index >= 15 is 0 Å². The van der Waals surface area contributed by atoms with Gasteiger partial charge in [-0.1, -0.05) is 25.3 Å². The summed E-state index contributed by atoms with van der Waals surface area (Å²) in [5.74, 6) is -2.30. The molecule has 25 heavy (non-hydrogen) atoms. The second-order valence-electron chi connectivity index (χ2n) is 6.21. The van der Waals surface area contributed by atoms with Crippen molar-refractivity contribution in [1.82, 2.24) is 10.6 Å². The second kappa shape index (κ2) is 9.94. The number of nitrogens with one attached hydrogen (secondary N) is 2. The fourth-order valence-electron chi connectivity index (χ4n) is 2.91. The number of hydrogen-bond donors (Lipinski definition) is 2. The van der Waals surface area contributed by atoms with Gasteiger partial charge in [0.25, 0.3) is 5.91 Å². The zero-order valence-electron chi connectivity index (χ0n) is 14.1. The highest BCUT2D eigenvalue weighted by atomic mass is 32.1. The molecule has 2 N–H and O–H groups in total. The van der Waals surface area contributed by atoms with E-state index < -0.39 is 11.8 Å². The van der Waals surface area contributed by atoms with Crippen LogP contribution in [-0.2, 0) is 9.59 Å². The standard InChI is InChI=1S/C18H23N3O3S/c19-12-14(17(23)21-13-6-2-1-3-7-13)15(22)8-4-10-20-18(24)16-9-5-11-25-16/h5,9,11,13-14H,1-4,6-8,10H2,(H,20,24)(H,21,23). The van der Waals surface area contributed by atoms with E-state index in [0.29, 0.717) is 17.8 Å². The predicted molar refractivity (Wildman–Crippen MR) is 95.0 cm³/mol. The molecular formula is C18H23N3O3S. The Bertz CT molecular complexity index is 630. The zero-order chi connectivity index (χ0) is 18.1. The molecule has 0 spiro atoms. The number of hydrogen-bond acceptors (Lipinski definition) is 5. The van der Waals surface area contributed by atoms with Gasteiger partial charge in [0.1, 0.15) is 0 Å². The molecule has 1 atom stereocenters. The van der Waals surface area contributed by atoms with E-state index in [4.69, 9.17) is 5.26 Å². The first-order valence-corrected chi connectivity index (χ1v) is 9.54. The topological polar surface area (TPSA) is 99.1 Å². The van der Waals surface area contributed by atoms with Crippen molar-refractivity contribution >= 4 is 28.9 Å². The van der Waals surface area contributed by atoms with Gasteiger partial charge in [-0.25, -0.2) is 0 Å². The fourth-order valence-corrected chi connectivity index (χ4v) is 3.55. The van der Waals surface area contributed by atoms with Crippen molar-refractivity contribution in [2.24, 2.45) is 5.92 Å². The van der Waals surface area contributed by atoms with Gasteiger partial charge in [0.05, 0.1) is 10.9 Å². The summed E-state index contributed by atoms with van der Waals surface area (Å²) < 4.78 is 0. The molecular weight excluding hydrogens is 338 g/mol. The minimum Gasteiger partial charge on any atom is -0.352 e. The van der Waals surface area contributed by atoms with Crippen LogP contribution in [0.2, 0.25) is 0 Å². The third-order valence-corrected chi connectivity index (χ3v) is 5.16. The third-order valence-electron chi connectivity index (χ3n) is 4.30. The number of Topliss-reactive ketones (excluding diaryl/α,β-unsaturated/α-hetero) is 1. The molecule has 0 saturated heterocycles. The van der Waals surface area contributed by atoms with Gasteiger partial charge in [0.2, 0.25) is 5.91 Å². The Balaban J connectivity index is 1.71. The van der Waals surface area contributed by atoms with Crippen molar-refractivity contribution in [2.75, 3.05) is 6.54 Å². The number of carbonyl (C=O) groups is 3. The van der Waals surface area contributed by atoms with Crippen LogP contribution >= 0.6 is 11.3 Å². The molecule has 1 fully saturated rings. The van der Waals surface area contributed by atoms with Gasteiger partial charge in [-0.2, -0.15) is 5.26 Å². The van der Waals surface area contributed by atoms with Gasteiger partial charge in [-0.05, 0) is 30.7 Å². The van der Waals surface area contributed by atoms with E-state index in [2.05, 4.69) is 10.6 Å². The lowest BCUT2D eigenvalue weighted by Crippen LogP contribution is -2.42. The Kier molecular flexibility index (Phi) is 7.61. The van der Waals surface area contributed by atoms with E-state index in [1.54, 1.807) is 12.1 Å². The number of amides is 2. The highest BCUT2D eigenvalue weighted by molar-refractivity contribution is 7.12. The smallest absolute Gasteiger partial charge is 0.261 e. The Hall–Kier alpha value is -2.20. The maximum atomic E-state index is 12.2. The summed E-state index contributed by atoms with van der Waals surface area (Å²) in [7, 11) is 0. The molecule has 0 radical (unpaired) electrons. The van der Waals surface area contributed by atoms with Crippen LogP contribution in [-0.4, -0.2) is 30.2 Å². The molecule has 6 nitrogen and oxygen atoms in total. The molecule has 1 aliphatic rings. The van der Waals surface area contributed by atoms with Crippen LogP contribution in [0.3, 0.4) is 0 Å². The molecule has 1 heterocycles. The molecule has 2 amide bonds. The molecule has 0 bridgehead atoms. The highest BCUT2D eigenvalue weighted by Crippen LogP contribution is 2.18. The first-order chi connectivity index (χ1) is 12.1. The molecule has 0 aromatic carbocycles. The Labute approximate surface area is 151 Å². The number of ketones is 1. The van der Waals surface area contributed by atoms with Gasteiger partial charge < -0.3 is 10.6 Å². The van der Waals surface area contributed by atoms with Crippen molar-refractivity contribution < 1.29 is 14.4 Å². The average Bonchev–Trinajstić information content (AvgIpc) is 3.15. The van der Waals surface area contributed by atoms with Crippen LogP contribution in [0.15, 0.2) is 17.5 Å². The van der Waals surface area contributed by atoms with Crippen molar-refractivity contribution in [3.05, 3.63) is 22.4 Å². The van der Waals surface area contributed by atoms with E-state index in [9.17, 15) is 14.4 Å². The molecule has 0 aliphatic heterocycles. The number of nitrogens with zero attached hydrogens (tertiary/aromatic N) is 1. The third kappa shape index (κ3) is 5.98. The maximum absolute atomic E-state index is 12.2. The van der Waals surface area contributed by atoms with Gasteiger partial charge in [0.15, 0.2) is 11.7 Å². The van der Waals surface area contributed by atoms with Gasteiger partial charge in [-0.3, -0.25) is 14.4 Å². The van der Waals surface area contributed by atoms with E-state index in [1.165, 1.54) is 17.8 Å². The van der Waals surface area contributed by atoms with Crippen molar-refractivity contribution in [2.45, 2.75) is 51.0 Å². The molecule has 134 valence electrons. The molecule has 2 rings (SSSR count). The van der Waals surface area contributed by atoms with Gasteiger partial charge in [0, 0.05) is 19.0 Å². The lowest BCUT2D eigenvalue weighted by atomic mass is 9.94. The van der Waals surface area contributed by atoms with Crippen LogP contribution in [0.4, 0.5) is 0 Å².